The zero-order valence-electron chi connectivity index (χ0n) is 23.5. The second kappa shape index (κ2) is 10.5. The number of anilines is 3. The van der Waals surface area contributed by atoms with E-state index in [1.54, 1.807) is 0 Å². The predicted octanol–water partition coefficient (Wildman–Crippen LogP) is 8.79. The van der Waals surface area contributed by atoms with E-state index in [1.165, 1.54) is 22.3 Å². The van der Waals surface area contributed by atoms with E-state index in [-0.39, 0.29) is 11.2 Å². The normalized spacial score (nSPS) is 15.7. The van der Waals surface area contributed by atoms with Crippen LogP contribution in [0, 0.1) is 0 Å². The van der Waals surface area contributed by atoms with E-state index >= 15 is 0 Å². The molecule has 0 unspecified atom stereocenters. The van der Waals surface area contributed by atoms with Crippen LogP contribution in [0.15, 0.2) is 133 Å². The molecule has 1 heterocycles. The third-order valence-electron chi connectivity index (χ3n) is 8.12. The van der Waals surface area contributed by atoms with Crippen LogP contribution in [0.1, 0.15) is 27.7 Å². The number of hydrogen-bond donors (Lipinski definition) is 0. The summed E-state index contributed by atoms with van der Waals surface area (Å²) >= 11 is 0. The molecule has 0 aliphatic carbocycles. The van der Waals surface area contributed by atoms with Crippen molar-refractivity contribution in [2.24, 2.45) is 0 Å². The Labute approximate surface area is 238 Å². The van der Waals surface area contributed by atoms with Crippen molar-refractivity contribution >= 4 is 29.6 Å². The SMILES string of the molecule is CC1(C)OB(c2ccc(N(c3ccccc3)c3cccc(-c4ccccc4)c3-c3ccccc3)cc2)OC1(C)C. The third-order valence-corrected chi connectivity index (χ3v) is 8.12. The highest BCUT2D eigenvalue weighted by Gasteiger charge is 2.51. The number of benzene rings is 5. The molecule has 1 saturated heterocycles. The van der Waals surface area contributed by atoms with E-state index < -0.39 is 7.12 Å². The zero-order chi connectivity index (χ0) is 27.7. The average Bonchev–Trinajstić information content (AvgIpc) is 3.21. The van der Waals surface area contributed by atoms with Crippen molar-refractivity contribution in [2.75, 3.05) is 4.90 Å². The maximum atomic E-state index is 6.33. The Bertz CT molecular complexity index is 1570. The quantitative estimate of drug-likeness (QED) is 0.208. The van der Waals surface area contributed by atoms with Crippen molar-refractivity contribution in [3.05, 3.63) is 133 Å². The van der Waals surface area contributed by atoms with Crippen LogP contribution in [0.25, 0.3) is 22.3 Å². The van der Waals surface area contributed by atoms with E-state index in [1.807, 2.05) is 0 Å². The van der Waals surface area contributed by atoms with Gasteiger partial charge >= 0.3 is 7.12 Å². The molecule has 0 saturated carbocycles. The van der Waals surface area contributed by atoms with Crippen LogP contribution in [0.3, 0.4) is 0 Å². The standard InChI is InChI=1S/C36H34BNO2/c1-35(2)36(3,4)40-37(39-35)29-23-25-31(26-24-29)38(30-19-12-7-13-20-30)33-22-14-21-32(27-15-8-5-9-16-27)34(33)28-17-10-6-11-18-28/h5-26H,1-4H3. The summed E-state index contributed by atoms with van der Waals surface area (Å²) in [5.41, 5.74) is 8.26. The van der Waals surface area contributed by atoms with Gasteiger partial charge in [0.1, 0.15) is 0 Å². The first kappa shape index (κ1) is 26.1. The van der Waals surface area contributed by atoms with Crippen LogP contribution >= 0.6 is 0 Å². The van der Waals surface area contributed by atoms with Crippen molar-refractivity contribution in [1.82, 2.24) is 0 Å². The van der Waals surface area contributed by atoms with Crippen LogP contribution in [0.4, 0.5) is 17.1 Å². The summed E-state index contributed by atoms with van der Waals surface area (Å²) in [6.07, 6.45) is 0. The molecular weight excluding hydrogens is 489 g/mol. The van der Waals surface area contributed by atoms with Gasteiger partial charge in [-0.1, -0.05) is 103 Å². The second-order valence-electron chi connectivity index (χ2n) is 11.3. The molecule has 4 heteroatoms. The molecule has 1 aliphatic rings. The molecule has 1 aliphatic heterocycles. The molecule has 0 spiro atoms. The van der Waals surface area contributed by atoms with Crippen LogP contribution in [-0.4, -0.2) is 18.3 Å². The smallest absolute Gasteiger partial charge is 0.399 e. The summed E-state index contributed by atoms with van der Waals surface area (Å²) in [6, 6.07) is 47.0. The molecule has 0 aromatic heterocycles. The fourth-order valence-corrected chi connectivity index (χ4v) is 5.26. The molecule has 0 radical (unpaired) electrons. The van der Waals surface area contributed by atoms with E-state index in [0.29, 0.717) is 0 Å². The summed E-state index contributed by atoms with van der Waals surface area (Å²) < 4.78 is 12.7. The largest absolute Gasteiger partial charge is 0.494 e. The Kier molecular flexibility index (Phi) is 6.83. The number of hydrogen-bond acceptors (Lipinski definition) is 3. The van der Waals surface area contributed by atoms with Gasteiger partial charge in [0.05, 0.1) is 16.9 Å². The fraction of sp³-hybridized carbons (Fsp3) is 0.167. The minimum absolute atomic E-state index is 0.380. The van der Waals surface area contributed by atoms with Gasteiger partial charge < -0.3 is 14.2 Å². The predicted molar refractivity (Wildman–Crippen MR) is 168 cm³/mol. The highest BCUT2D eigenvalue weighted by atomic mass is 16.7. The molecule has 0 atom stereocenters. The van der Waals surface area contributed by atoms with Crippen molar-refractivity contribution in [2.45, 2.75) is 38.9 Å². The van der Waals surface area contributed by atoms with Gasteiger partial charge in [-0.15, -0.1) is 0 Å². The van der Waals surface area contributed by atoms with Gasteiger partial charge in [-0.3, -0.25) is 0 Å². The molecule has 1 fully saturated rings. The highest BCUT2D eigenvalue weighted by molar-refractivity contribution is 6.62. The van der Waals surface area contributed by atoms with Crippen LogP contribution in [0.2, 0.25) is 0 Å². The van der Waals surface area contributed by atoms with Gasteiger partial charge in [-0.25, -0.2) is 0 Å². The molecule has 198 valence electrons. The van der Waals surface area contributed by atoms with E-state index in [2.05, 4.69) is 166 Å². The number of nitrogens with zero attached hydrogens (tertiary/aromatic N) is 1. The van der Waals surface area contributed by atoms with Gasteiger partial charge in [0.25, 0.3) is 0 Å². The van der Waals surface area contributed by atoms with Gasteiger partial charge in [0.15, 0.2) is 0 Å². The zero-order valence-corrected chi connectivity index (χ0v) is 23.5. The van der Waals surface area contributed by atoms with Crippen molar-refractivity contribution in [3.8, 4) is 22.3 Å². The first-order valence-electron chi connectivity index (χ1n) is 13.9. The molecule has 5 aromatic carbocycles. The van der Waals surface area contributed by atoms with Crippen molar-refractivity contribution < 1.29 is 9.31 Å². The van der Waals surface area contributed by atoms with E-state index in [9.17, 15) is 0 Å². The van der Waals surface area contributed by atoms with E-state index in [4.69, 9.17) is 9.31 Å². The second-order valence-corrected chi connectivity index (χ2v) is 11.3. The first-order chi connectivity index (χ1) is 19.3. The summed E-state index contributed by atoms with van der Waals surface area (Å²) in [5, 5.41) is 0. The lowest BCUT2D eigenvalue weighted by molar-refractivity contribution is 0.00578. The Morgan fingerprint density at radius 1 is 0.500 bits per heavy atom. The molecule has 0 N–H and O–H groups in total. The molecule has 0 bridgehead atoms. The molecule has 3 nitrogen and oxygen atoms in total. The Balaban J connectivity index is 1.50. The van der Waals surface area contributed by atoms with Crippen LogP contribution < -0.4 is 10.4 Å². The lowest BCUT2D eigenvalue weighted by atomic mass is 9.79. The molecule has 40 heavy (non-hydrogen) atoms. The lowest BCUT2D eigenvalue weighted by Crippen LogP contribution is -2.41. The minimum atomic E-state index is -0.398. The topological polar surface area (TPSA) is 21.7 Å². The fourth-order valence-electron chi connectivity index (χ4n) is 5.26. The van der Waals surface area contributed by atoms with Crippen LogP contribution in [-0.2, 0) is 9.31 Å². The Morgan fingerprint density at radius 3 is 1.57 bits per heavy atom. The average molecular weight is 523 g/mol. The maximum absolute atomic E-state index is 6.33. The number of para-hydroxylation sites is 1. The van der Waals surface area contributed by atoms with Gasteiger partial charge in [0.2, 0.25) is 0 Å². The summed E-state index contributed by atoms with van der Waals surface area (Å²) in [6.45, 7) is 8.35. The Morgan fingerprint density at radius 2 is 1.00 bits per heavy atom. The van der Waals surface area contributed by atoms with Crippen LogP contribution in [0.5, 0.6) is 0 Å². The molecule has 5 aromatic rings. The Hall–Kier alpha value is -4.12. The highest BCUT2D eigenvalue weighted by Crippen LogP contribution is 2.45. The minimum Gasteiger partial charge on any atom is -0.399 e. The summed E-state index contributed by atoms with van der Waals surface area (Å²) in [4.78, 5) is 2.34. The third kappa shape index (κ3) is 4.85. The monoisotopic (exact) mass is 523 g/mol. The van der Waals surface area contributed by atoms with E-state index in [0.717, 1.165) is 22.5 Å². The molecular formula is C36H34BNO2. The summed E-state index contributed by atoms with van der Waals surface area (Å²) in [7, 11) is -0.398. The first-order valence-corrected chi connectivity index (χ1v) is 13.9. The lowest BCUT2D eigenvalue weighted by Gasteiger charge is -2.32. The van der Waals surface area contributed by atoms with Gasteiger partial charge in [-0.05, 0) is 80.2 Å². The molecule has 6 rings (SSSR count). The number of rotatable bonds is 6. The van der Waals surface area contributed by atoms with Crippen molar-refractivity contribution in [1.29, 1.82) is 0 Å². The maximum Gasteiger partial charge on any atom is 0.494 e. The van der Waals surface area contributed by atoms with Gasteiger partial charge in [-0.2, -0.15) is 0 Å². The van der Waals surface area contributed by atoms with Gasteiger partial charge in [0, 0.05) is 16.9 Å². The molecule has 0 amide bonds. The van der Waals surface area contributed by atoms with Crippen molar-refractivity contribution in [3.63, 3.8) is 0 Å². The summed E-state index contributed by atoms with van der Waals surface area (Å²) in [5.74, 6) is 0.